The van der Waals surface area contributed by atoms with E-state index in [0.29, 0.717) is 5.57 Å². The van der Waals surface area contributed by atoms with Gasteiger partial charge in [-0.1, -0.05) is 43.0 Å². The smallest absolute Gasteiger partial charge is 0.338 e. The van der Waals surface area contributed by atoms with Gasteiger partial charge in [0.2, 0.25) is 0 Å². The van der Waals surface area contributed by atoms with E-state index < -0.39 is 0 Å². The summed E-state index contributed by atoms with van der Waals surface area (Å²) in [5.41, 5.74) is 1.53. The number of carbonyl (C=O) groups is 1. The summed E-state index contributed by atoms with van der Waals surface area (Å²) < 4.78 is 4.86. The van der Waals surface area contributed by atoms with Gasteiger partial charge < -0.3 is 4.74 Å². The van der Waals surface area contributed by atoms with Crippen LogP contribution in [0.2, 0.25) is 0 Å². The molecular weight excluding hydrogens is 200 g/mol. The lowest BCUT2D eigenvalue weighted by atomic mass is 10.1. The van der Waals surface area contributed by atoms with Crippen molar-refractivity contribution in [3.63, 3.8) is 0 Å². The van der Waals surface area contributed by atoms with Gasteiger partial charge in [0.1, 0.15) is 0 Å². The number of allylic oxidation sites excluding steroid dienone is 2. The summed E-state index contributed by atoms with van der Waals surface area (Å²) in [6, 6.07) is 9.62. The number of hydrogen-bond donors (Lipinski definition) is 0. The number of rotatable bonds is 4. The van der Waals surface area contributed by atoms with Gasteiger partial charge in [-0.3, -0.25) is 0 Å². The first-order chi connectivity index (χ1) is 7.74. The van der Waals surface area contributed by atoms with Crippen LogP contribution in [0.3, 0.4) is 0 Å². The second-order valence-electron chi connectivity index (χ2n) is 3.21. The highest BCUT2D eigenvalue weighted by Gasteiger charge is 2.03. The van der Waals surface area contributed by atoms with Gasteiger partial charge >= 0.3 is 5.97 Å². The Hall–Kier alpha value is -2.09. The molecule has 0 saturated carbocycles. The molecule has 16 heavy (non-hydrogen) atoms. The Balaban J connectivity index is 2.67. The van der Waals surface area contributed by atoms with Crippen LogP contribution in [0.4, 0.5) is 0 Å². The molecule has 1 rings (SSSR count). The minimum absolute atomic E-state index is 0.359. The van der Waals surface area contributed by atoms with Crippen molar-refractivity contribution in [3.05, 3.63) is 66.5 Å². The molecule has 0 radical (unpaired) electrons. The topological polar surface area (TPSA) is 26.3 Å². The van der Waals surface area contributed by atoms with Crippen molar-refractivity contribution in [3.8, 4) is 0 Å². The van der Waals surface area contributed by atoms with Crippen molar-refractivity contribution in [1.82, 2.24) is 0 Å². The lowest BCUT2D eigenvalue weighted by Gasteiger charge is -1.99. The molecule has 1 aromatic rings. The molecule has 0 unspecified atom stereocenters. The Labute approximate surface area is 95.6 Å². The van der Waals surface area contributed by atoms with Gasteiger partial charge in [0.15, 0.2) is 0 Å². The third-order valence-electron chi connectivity index (χ3n) is 1.89. The van der Waals surface area contributed by atoms with Crippen molar-refractivity contribution < 1.29 is 9.53 Å². The molecule has 82 valence electrons. The Morgan fingerprint density at radius 2 is 2.00 bits per heavy atom. The van der Waals surface area contributed by atoms with Gasteiger partial charge in [-0.2, -0.15) is 0 Å². The summed E-state index contributed by atoms with van der Waals surface area (Å²) in [6.07, 6.45) is 6.21. The van der Waals surface area contributed by atoms with Crippen LogP contribution in [0, 0.1) is 0 Å². The first-order valence-corrected chi connectivity index (χ1v) is 4.96. The van der Waals surface area contributed by atoms with Crippen molar-refractivity contribution in [2.24, 2.45) is 0 Å². The van der Waals surface area contributed by atoms with Crippen molar-refractivity contribution >= 4 is 12.0 Å². The van der Waals surface area contributed by atoms with E-state index in [0.717, 1.165) is 5.56 Å². The Morgan fingerprint density at radius 3 is 2.62 bits per heavy atom. The lowest BCUT2D eigenvalue weighted by molar-refractivity contribution is -0.133. The van der Waals surface area contributed by atoms with E-state index >= 15 is 0 Å². The molecule has 0 saturated heterocycles. The van der Waals surface area contributed by atoms with E-state index in [-0.39, 0.29) is 5.97 Å². The molecule has 0 aliphatic rings. The minimum Gasteiger partial charge on any atom is -0.431 e. The van der Waals surface area contributed by atoms with Crippen molar-refractivity contribution in [1.29, 1.82) is 0 Å². The van der Waals surface area contributed by atoms with Crippen LogP contribution in [-0.4, -0.2) is 5.97 Å². The van der Waals surface area contributed by atoms with Crippen molar-refractivity contribution in [2.75, 3.05) is 0 Å². The van der Waals surface area contributed by atoms with E-state index in [1.54, 1.807) is 25.2 Å². The third kappa shape index (κ3) is 3.96. The van der Waals surface area contributed by atoms with Crippen LogP contribution in [-0.2, 0) is 9.53 Å². The molecule has 0 N–H and O–H groups in total. The number of ether oxygens (including phenoxy) is 1. The van der Waals surface area contributed by atoms with Crippen LogP contribution in [0.5, 0.6) is 0 Å². The molecule has 0 aromatic heterocycles. The fourth-order valence-electron chi connectivity index (χ4n) is 1.11. The maximum atomic E-state index is 11.4. The second kappa shape index (κ2) is 6.40. The second-order valence-corrected chi connectivity index (χ2v) is 3.21. The van der Waals surface area contributed by atoms with E-state index in [2.05, 4.69) is 6.58 Å². The molecule has 0 aliphatic heterocycles. The first-order valence-electron chi connectivity index (χ1n) is 4.96. The molecule has 0 atom stereocenters. The molecule has 0 spiro atoms. The molecule has 1 aromatic carbocycles. The van der Waals surface area contributed by atoms with Gasteiger partial charge in [-0.15, -0.1) is 0 Å². The van der Waals surface area contributed by atoms with E-state index in [1.165, 1.54) is 6.26 Å². The SMILES string of the molecule is C=CC=COC(=O)C(C)=Cc1ccccc1. The third-order valence-corrected chi connectivity index (χ3v) is 1.89. The highest BCUT2D eigenvalue weighted by molar-refractivity contribution is 5.93. The molecule has 0 bridgehead atoms. The molecule has 2 heteroatoms. The van der Waals surface area contributed by atoms with Crippen molar-refractivity contribution in [2.45, 2.75) is 6.92 Å². The Kier molecular flexibility index (Phi) is 4.80. The zero-order valence-corrected chi connectivity index (χ0v) is 9.22. The molecule has 2 nitrogen and oxygen atoms in total. The zero-order valence-electron chi connectivity index (χ0n) is 9.22. The van der Waals surface area contributed by atoms with E-state index in [4.69, 9.17) is 4.74 Å². The zero-order chi connectivity index (χ0) is 11.8. The molecular formula is C14H14O2. The quantitative estimate of drug-likeness (QED) is 0.332. The van der Waals surface area contributed by atoms with Crippen LogP contribution in [0.25, 0.3) is 6.08 Å². The largest absolute Gasteiger partial charge is 0.431 e. The average molecular weight is 214 g/mol. The predicted molar refractivity (Wildman–Crippen MR) is 65.5 cm³/mol. The lowest BCUT2D eigenvalue weighted by Crippen LogP contribution is -2.00. The molecule has 0 aliphatic carbocycles. The predicted octanol–water partition coefficient (Wildman–Crippen LogP) is 3.33. The summed E-state index contributed by atoms with van der Waals surface area (Å²) in [4.78, 5) is 11.4. The van der Waals surface area contributed by atoms with Crippen LogP contribution >= 0.6 is 0 Å². The Bertz CT molecular complexity index is 414. The van der Waals surface area contributed by atoms with Gasteiger partial charge in [-0.05, 0) is 24.6 Å². The van der Waals surface area contributed by atoms with Crippen LogP contribution in [0.15, 0.2) is 60.9 Å². The van der Waals surface area contributed by atoms with Crippen LogP contribution < -0.4 is 0 Å². The van der Waals surface area contributed by atoms with Gasteiger partial charge in [0, 0.05) is 5.57 Å². The number of esters is 1. The Morgan fingerprint density at radius 1 is 1.31 bits per heavy atom. The number of benzene rings is 1. The summed E-state index contributed by atoms with van der Waals surface area (Å²) in [5, 5.41) is 0. The van der Waals surface area contributed by atoms with Crippen LogP contribution in [0.1, 0.15) is 12.5 Å². The molecule has 0 heterocycles. The minimum atomic E-state index is -0.359. The summed E-state index contributed by atoms with van der Waals surface area (Å²) in [7, 11) is 0. The van der Waals surface area contributed by atoms with Gasteiger partial charge in [0.05, 0.1) is 6.26 Å². The average Bonchev–Trinajstić information content (AvgIpc) is 2.30. The summed E-state index contributed by atoms with van der Waals surface area (Å²) in [6.45, 7) is 5.20. The molecule has 0 fully saturated rings. The summed E-state index contributed by atoms with van der Waals surface area (Å²) >= 11 is 0. The highest BCUT2D eigenvalue weighted by atomic mass is 16.5. The highest BCUT2D eigenvalue weighted by Crippen LogP contribution is 2.07. The number of carbonyl (C=O) groups excluding carboxylic acids is 1. The maximum Gasteiger partial charge on any atom is 0.338 e. The van der Waals surface area contributed by atoms with E-state index in [9.17, 15) is 4.79 Å². The molecule has 0 amide bonds. The monoisotopic (exact) mass is 214 g/mol. The van der Waals surface area contributed by atoms with Gasteiger partial charge in [0.25, 0.3) is 0 Å². The van der Waals surface area contributed by atoms with E-state index in [1.807, 2.05) is 30.3 Å². The fourth-order valence-corrected chi connectivity index (χ4v) is 1.11. The number of hydrogen-bond acceptors (Lipinski definition) is 2. The standard InChI is InChI=1S/C14H14O2/c1-3-4-10-16-14(15)12(2)11-13-8-6-5-7-9-13/h3-11H,1H2,2H3. The first kappa shape index (κ1) is 12.0. The summed E-state index contributed by atoms with van der Waals surface area (Å²) in [5.74, 6) is -0.359. The fraction of sp³-hybridized carbons (Fsp3) is 0.0714. The van der Waals surface area contributed by atoms with Gasteiger partial charge in [-0.25, -0.2) is 4.79 Å². The normalized spacial score (nSPS) is 11.4. The maximum absolute atomic E-state index is 11.4.